The Bertz CT molecular complexity index is 1960. The van der Waals surface area contributed by atoms with E-state index in [1.165, 1.54) is 41.3 Å². The highest BCUT2D eigenvalue weighted by Gasteiger charge is 2.55. The second kappa shape index (κ2) is 11.7. The maximum Gasteiger partial charge on any atom is 0.418 e. The lowest BCUT2D eigenvalue weighted by Crippen LogP contribution is -2.57. The lowest BCUT2D eigenvalue weighted by Gasteiger charge is -2.44. The van der Waals surface area contributed by atoms with Gasteiger partial charge in [-0.05, 0) is 87.3 Å². The molecule has 7 nitrogen and oxygen atoms in total. The van der Waals surface area contributed by atoms with Crippen molar-refractivity contribution in [3.63, 3.8) is 0 Å². The van der Waals surface area contributed by atoms with Gasteiger partial charge in [-0.15, -0.1) is 6.42 Å². The first-order chi connectivity index (χ1) is 22.8. The molecule has 3 aromatic carbocycles. The second-order valence-corrected chi connectivity index (χ2v) is 13.5. The van der Waals surface area contributed by atoms with Crippen molar-refractivity contribution in [2.45, 2.75) is 62.8 Å². The minimum atomic E-state index is -4.89. The summed E-state index contributed by atoms with van der Waals surface area (Å²) in [6, 6.07) is 8.21. The van der Waals surface area contributed by atoms with Crippen molar-refractivity contribution in [3.8, 4) is 35.2 Å². The highest BCUT2D eigenvalue weighted by molar-refractivity contribution is 6.04. The number of fused-ring (bicyclic) bond motifs is 3. The maximum atomic E-state index is 16.9. The van der Waals surface area contributed by atoms with Crippen molar-refractivity contribution >= 4 is 27.5 Å². The zero-order chi connectivity index (χ0) is 34.0. The van der Waals surface area contributed by atoms with Crippen LogP contribution >= 0.6 is 0 Å². The molecule has 3 atom stereocenters. The first kappa shape index (κ1) is 32.3. The SMILES string of the molecule is C#Cc1c(F)ccc2cc(O)cc(-c3ccc4c(N5CCCC(O)(C(F)(F)F)C5)nc(OCC56CCC[C@H]5N(C)CCC6)nc4c3F)c12. The maximum absolute atomic E-state index is 16.9. The van der Waals surface area contributed by atoms with Gasteiger partial charge in [-0.25, -0.2) is 8.78 Å². The molecule has 2 saturated heterocycles. The Balaban J connectivity index is 1.39. The van der Waals surface area contributed by atoms with E-state index in [0.717, 1.165) is 38.6 Å². The van der Waals surface area contributed by atoms with Gasteiger partial charge in [-0.2, -0.15) is 23.1 Å². The van der Waals surface area contributed by atoms with Gasteiger partial charge in [0.25, 0.3) is 0 Å². The molecule has 0 spiro atoms. The number of phenols is 1. The summed E-state index contributed by atoms with van der Waals surface area (Å²) in [4.78, 5) is 12.6. The van der Waals surface area contributed by atoms with E-state index in [1.54, 1.807) is 0 Å². The van der Waals surface area contributed by atoms with Crippen LogP contribution in [0.15, 0.2) is 36.4 Å². The van der Waals surface area contributed by atoms with E-state index >= 15 is 4.39 Å². The van der Waals surface area contributed by atoms with Crippen LogP contribution in [-0.2, 0) is 0 Å². The summed E-state index contributed by atoms with van der Waals surface area (Å²) in [6.45, 7) is 0.558. The lowest BCUT2D eigenvalue weighted by molar-refractivity contribution is -0.261. The third kappa shape index (κ3) is 5.28. The highest BCUT2D eigenvalue weighted by atomic mass is 19.4. The number of aliphatic hydroxyl groups is 1. The third-order valence-corrected chi connectivity index (χ3v) is 10.6. The molecule has 1 saturated carbocycles. The van der Waals surface area contributed by atoms with Gasteiger partial charge in [0.1, 0.15) is 22.9 Å². The fourth-order valence-corrected chi connectivity index (χ4v) is 8.25. The summed E-state index contributed by atoms with van der Waals surface area (Å²) in [7, 11) is 2.09. The summed E-state index contributed by atoms with van der Waals surface area (Å²) in [5.41, 5.74) is -3.44. The third-order valence-electron chi connectivity index (χ3n) is 10.6. The van der Waals surface area contributed by atoms with E-state index in [4.69, 9.17) is 11.2 Å². The Morgan fingerprint density at radius 2 is 1.79 bits per heavy atom. The van der Waals surface area contributed by atoms with Crippen LogP contribution < -0.4 is 9.64 Å². The van der Waals surface area contributed by atoms with Crippen molar-refractivity contribution in [2.75, 3.05) is 38.2 Å². The molecule has 3 heterocycles. The summed E-state index contributed by atoms with van der Waals surface area (Å²) < 4.78 is 79.9. The van der Waals surface area contributed by atoms with Gasteiger partial charge in [0.05, 0.1) is 18.7 Å². The molecule has 48 heavy (non-hydrogen) atoms. The number of phenolic OH excluding ortho intramolecular Hbond substituents is 1. The molecule has 1 aromatic heterocycles. The predicted molar refractivity (Wildman–Crippen MR) is 172 cm³/mol. The number of ether oxygens (including phenoxy) is 1. The normalized spacial score (nSPS) is 25.0. The summed E-state index contributed by atoms with van der Waals surface area (Å²) >= 11 is 0. The molecular formula is C36H35F5N4O3. The number of hydrogen-bond donors (Lipinski definition) is 2. The van der Waals surface area contributed by atoms with Crippen molar-refractivity contribution in [1.82, 2.24) is 14.9 Å². The molecule has 1 aliphatic carbocycles. The number of benzene rings is 3. The number of terminal acetylenes is 1. The van der Waals surface area contributed by atoms with Crippen LogP contribution in [0.4, 0.5) is 27.8 Å². The molecular weight excluding hydrogens is 631 g/mol. The molecule has 2 aliphatic heterocycles. The molecule has 3 fully saturated rings. The topological polar surface area (TPSA) is 82.0 Å². The van der Waals surface area contributed by atoms with Gasteiger partial charge in [-0.3, -0.25) is 0 Å². The van der Waals surface area contributed by atoms with Crippen LogP contribution in [-0.4, -0.2) is 76.2 Å². The van der Waals surface area contributed by atoms with Crippen molar-refractivity contribution in [3.05, 3.63) is 53.6 Å². The van der Waals surface area contributed by atoms with Crippen LogP contribution in [0, 0.1) is 29.4 Å². The number of nitrogens with zero attached hydrogens (tertiary/aromatic N) is 4. The van der Waals surface area contributed by atoms with Gasteiger partial charge in [0.15, 0.2) is 11.4 Å². The number of β-amino-alcohol motifs (C(OH)–C–C–N with tert-alkyl or cyclic N) is 1. The number of anilines is 1. The average molecular weight is 667 g/mol. The molecule has 0 amide bonds. The number of aromatic nitrogens is 2. The predicted octanol–water partition coefficient (Wildman–Crippen LogP) is 6.95. The Kier molecular flexibility index (Phi) is 7.91. The number of likely N-dealkylation sites (tertiary alicyclic amines) is 1. The minimum Gasteiger partial charge on any atom is -0.508 e. The number of halogens is 5. The summed E-state index contributed by atoms with van der Waals surface area (Å²) in [5, 5.41) is 21.9. The first-order valence-corrected chi connectivity index (χ1v) is 16.1. The smallest absolute Gasteiger partial charge is 0.418 e. The summed E-state index contributed by atoms with van der Waals surface area (Å²) in [6.07, 6.45) is 5.20. The lowest BCUT2D eigenvalue weighted by atomic mass is 9.76. The van der Waals surface area contributed by atoms with Crippen molar-refractivity contribution < 1.29 is 36.9 Å². The van der Waals surface area contributed by atoms with Crippen LogP contribution in [0.1, 0.15) is 50.5 Å². The molecule has 4 aromatic rings. The van der Waals surface area contributed by atoms with E-state index in [9.17, 15) is 27.8 Å². The number of aromatic hydroxyl groups is 1. The Hall–Kier alpha value is -4.21. The average Bonchev–Trinajstić information content (AvgIpc) is 3.49. The summed E-state index contributed by atoms with van der Waals surface area (Å²) in [5.74, 6) is 0.544. The quantitative estimate of drug-likeness (QED) is 0.176. The van der Waals surface area contributed by atoms with Gasteiger partial charge in [0, 0.05) is 34.3 Å². The van der Waals surface area contributed by atoms with E-state index in [2.05, 4.69) is 27.8 Å². The monoisotopic (exact) mass is 666 g/mol. The number of alkyl halides is 3. The highest BCUT2D eigenvalue weighted by Crippen LogP contribution is 2.48. The van der Waals surface area contributed by atoms with Crippen LogP contribution in [0.5, 0.6) is 11.8 Å². The van der Waals surface area contributed by atoms with Gasteiger partial charge in [-0.1, -0.05) is 24.5 Å². The number of hydrogen-bond acceptors (Lipinski definition) is 7. The van der Waals surface area contributed by atoms with E-state index < -0.39 is 36.4 Å². The molecule has 252 valence electrons. The second-order valence-electron chi connectivity index (χ2n) is 13.5. The van der Waals surface area contributed by atoms with E-state index in [-0.39, 0.29) is 75.5 Å². The largest absolute Gasteiger partial charge is 0.508 e. The Morgan fingerprint density at radius 1 is 1.02 bits per heavy atom. The van der Waals surface area contributed by atoms with Gasteiger partial charge < -0.3 is 24.7 Å². The zero-order valence-corrected chi connectivity index (χ0v) is 26.4. The van der Waals surface area contributed by atoms with Crippen LogP contribution in [0.25, 0.3) is 32.8 Å². The standard InChI is InChI=1S/C36H35F5N4O3/c1-3-23-27(37)11-8-21-17-22(46)18-26(29(21)23)24-9-10-25-31(30(24)38)42-33(48-20-34-12-4-7-28(34)44(2)15-5-13-34)43-32(25)45-16-6-14-35(47,19-45)36(39,40)41/h1,8-11,17-18,28,46-47H,4-7,12-16,19-20H2,2H3/t28-,34?,35?/m1/s1. The molecule has 2 N–H and O–H groups in total. The van der Waals surface area contributed by atoms with Crippen LogP contribution in [0.2, 0.25) is 0 Å². The van der Waals surface area contributed by atoms with Crippen molar-refractivity contribution in [2.24, 2.45) is 5.41 Å². The molecule has 0 radical (unpaired) electrons. The number of rotatable bonds is 5. The zero-order valence-electron chi connectivity index (χ0n) is 26.4. The fourth-order valence-electron chi connectivity index (χ4n) is 8.25. The Morgan fingerprint density at radius 3 is 2.56 bits per heavy atom. The number of piperidine rings is 2. The first-order valence-electron chi connectivity index (χ1n) is 16.1. The van der Waals surface area contributed by atoms with E-state index in [0.29, 0.717) is 11.4 Å². The molecule has 2 unspecified atom stereocenters. The van der Waals surface area contributed by atoms with Crippen molar-refractivity contribution in [1.29, 1.82) is 0 Å². The molecule has 7 rings (SSSR count). The van der Waals surface area contributed by atoms with Gasteiger partial charge in [0.2, 0.25) is 0 Å². The fraction of sp³-hybridized carbons (Fsp3) is 0.444. The van der Waals surface area contributed by atoms with Gasteiger partial charge >= 0.3 is 12.2 Å². The molecule has 3 aliphatic rings. The Labute approximate surface area is 274 Å². The van der Waals surface area contributed by atoms with E-state index in [1.807, 2.05) is 0 Å². The molecule has 0 bridgehead atoms. The minimum absolute atomic E-state index is 0.000171. The molecule has 12 heteroatoms. The van der Waals surface area contributed by atoms with Crippen LogP contribution in [0.3, 0.4) is 0 Å².